The normalized spacial score (nSPS) is 24.0. The molecule has 1 atom stereocenters. The third-order valence-corrected chi connectivity index (χ3v) is 4.51. The molecular weight excluding hydrogens is 308 g/mol. The summed E-state index contributed by atoms with van der Waals surface area (Å²) in [6.45, 7) is 6.20. The number of carboxylic acid groups (broad SMARTS) is 1. The molecule has 1 aliphatic rings. The van der Waals surface area contributed by atoms with Gasteiger partial charge in [-0.25, -0.2) is 0 Å². The third-order valence-electron chi connectivity index (χ3n) is 4.08. The molecule has 0 saturated carbocycles. The predicted octanol–water partition coefficient (Wildman–Crippen LogP) is 2.78. The second-order valence-corrected chi connectivity index (χ2v) is 6.50. The second-order valence-electron chi connectivity index (χ2n) is 5.59. The first-order valence-corrected chi connectivity index (χ1v) is 7.28. The molecule has 1 unspecified atom stereocenters. The van der Waals surface area contributed by atoms with Gasteiger partial charge in [0.2, 0.25) is 0 Å². The molecule has 0 bridgehead atoms. The summed E-state index contributed by atoms with van der Waals surface area (Å²) in [6, 6.07) is 2.03. The predicted molar refractivity (Wildman–Crippen MR) is 76.7 cm³/mol. The summed E-state index contributed by atoms with van der Waals surface area (Å²) in [4.78, 5) is 17.9. The van der Waals surface area contributed by atoms with Crippen molar-refractivity contribution < 1.29 is 9.90 Å². The van der Waals surface area contributed by atoms with E-state index < -0.39 is 11.4 Å². The number of carboxylic acids is 1. The van der Waals surface area contributed by atoms with E-state index in [4.69, 9.17) is 0 Å². The standard InChI is InChI=1S/C14H19BrN2O2/c1-10(2)14(13(18)19)3-4-17(9-14)8-11-5-12(15)7-16-6-11/h5-7,10H,3-4,8-9H2,1-2H3,(H,18,19). The molecule has 1 aromatic heterocycles. The number of likely N-dealkylation sites (tertiary alicyclic amines) is 1. The number of rotatable bonds is 4. The molecular formula is C14H19BrN2O2. The summed E-state index contributed by atoms with van der Waals surface area (Å²) in [5.74, 6) is -0.520. The van der Waals surface area contributed by atoms with Crippen LogP contribution in [0.5, 0.6) is 0 Å². The van der Waals surface area contributed by atoms with E-state index in [0.717, 1.165) is 29.5 Å². The van der Waals surface area contributed by atoms with Crippen LogP contribution in [-0.4, -0.2) is 34.0 Å². The van der Waals surface area contributed by atoms with Crippen molar-refractivity contribution in [2.45, 2.75) is 26.8 Å². The zero-order chi connectivity index (χ0) is 14.0. The molecule has 1 saturated heterocycles. The van der Waals surface area contributed by atoms with Crippen LogP contribution in [0.2, 0.25) is 0 Å². The molecule has 1 N–H and O–H groups in total. The van der Waals surface area contributed by atoms with Gasteiger partial charge in [0.15, 0.2) is 0 Å². The Morgan fingerprint density at radius 3 is 2.84 bits per heavy atom. The van der Waals surface area contributed by atoms with E-state index in [1.54, 1.807) is 6.20 Å². The van der Waals surface area contributed by atoms with Crippen LogP contribution in [0.4, 0.5) is 0 Å². The van der Waals surface area contributed by atoms with Gasteiger partial charge in [-0.2, -0.15) is 0 Å². The van der Waals surface area contributed by atoms with Crippen molar-refractivity contribution in [2.75, 3.05) is 13.1 Å². The van der Waals surface area contributed by atoms with E-state index in [2.05, 4.69) is 25.8 Å². The number of hydrogen-bond donors (Lipinski definition) is 1. The van der Waals surface area contributed by atoms with Crippen LogP contribution in [-0.2, 0) is 11.3 Å². The smallest absolute Gasteiger partial charge is 0.311 e. The van der Waals surface area contributed by atoms with E-state index in [1.165, 1.54) is 0 Å². The Hall–Kier alpha value is -0.940. The molecule has 4 nitrogen and oxygen atoms in total. The number of carbonyl (C=O) groups is 1. The maximum Gasteiger partial charge on any atom is 0.311 e. The highest BCUT2D eigenvalue weighted by molar-refractivity contribution is 9.10. The van der Waals surface area contributed by atoms with E-state index in [1.807, 2.05) is 26.1 Å². The topological polar surface area (TPSA) is 53.4 Å². The molecule has 2 rings (SSSR count). The van der Waals surface area contributed by atoms with Crippen molar-refractivity contribution in [2.24, 2.45) is 11.3 Å². The van der Waals surface area contributed by atoms with Gasteiger partial charge in [0, 0.05) is 30.0 Å². The van der Waals surface area contributed by atoms with E-state index in [9.17, 15) is 9.90 Å². The van der Waals surface area contributed by atoms with Crippen LogP contribution in [0.15, 0.2) is 22.9 Å². The molecule has 1 aliphatic heterocycles. The van der Waals surface area contributed by atoms with Crippen LogP contribution < -0.4 is 0 Å². The van der Waals surface area contributed by atoms with E-state index in [0.29, 0.717) is 6.54 Å². The van der Waals surface area contributed by atoms with Crippen LogP contribution in [0.1, 0.15) is 25.8 Å². The Kier molecular flexibility index (Phi) is 4.26. The van der Waals surface area contributed by atoms with Gasteiger partial charge >= 0.3 is 5.97 Å². The highest BCUT2D eigenvalue weighted by Gasteiger charge is 2.47. The number of pyridine rings is 1. The average Bonchev–Trinajstić information content (AvgIpc) is 2.74. The van der Waals surface area contributed by atoms with Crippen LogP contribution in [0.3, 0.4) is 0 Å². The summed E-state index contributed by atoms with van der Waals surface area (Å²) in [5.41, 5.74) is 0.513. The molecule has 104 valence electrons. The van der Waals surface area contributed by atoms with E-state index >= 15 is 0 Å². The maximum absolute atomic E-state index is 11.6. The molecule has 1 aromatic rings. The SMILES string of the molecule is CC(C)C1(C(=O)O)CCN(Cc2cncc(Br)c2)C1. The summed E-state index contributed by atoms with van der Waals surface area (Å²) in [6.07, 6.45) is 4.31. The monoisotopic (exact) mass is 326 g/mol. The number of aromatic nitrogens is 1. The summed E-state index contributed by atoms with van der Waals surface area (Å²) in [5, 5.41) is 9.52. The van der Waals surface area contributed by atoms with Crippen molar-refractivity contribution in [1.29, 1.82) is 0 Å². The lowest BCUT2D eigenvalue weighted by molar-refractivity contribution is -0.151. The van der Waals surface area contributed by atoms with Crippen molar-refractivity contribution >= 4 is 21.9 Å². The van der Waals surface area contributed by atoms with E-state index in [-0.39, 0.29) is 5.92 Å². The van der Waals surface area contributed by atoms with Crippen LogP contribution in [0.25, 0.3) is 0 Å². The van der Waals surface area contributed by atoms with Crippen molar-refractivity contribution in [3.8, 4) is 0 Å². The highest BCUT2D eigenvalue weighted by Crippen LogP contribution is 2.38. The van der Waals surface area contributed by atoms with Crippen molar-refractivity contribution in [1.82, 2.24) is 9.88 Å². The minimum Gasteiger partial charge on any atom is -0.481 e. The molecule has 1 fully saturated rings. The lowest BCUT2D eigenvalue weighted by Gasteiger charge is -2.28. The lowest BCUT2D eigenvalue weighted by Crippen LogP contribution is -2.39. The minimum atomic E-state index is -0.669. The fourth-order valence-electron chi connectivity index (χ4n) is 2.74. The first-order chi connectivity index (χ1) is 8.94. The van der Waals surface area contributed by atoms with Crippen molar-refractivity contribution in [3.05, 3.63) is 28.5 Å². The summed E-state index contributed by atoms with van der Waals surface area (Å²) in [7, 11) is 0. The number of aliphatic carboxylic acids is 1. The van der Waals surface area contributed by atoms with Gasteiger partial charge < -0.3 is 5.11 Å². The largest absolute Gasteiger partial charge is 0.481 e. The summed E-state index contributed by atoms with van der Waals surface area (Å²) < 4.78 is 0.956. The number of nitrogens with zero attached hydrogens (tertiary/aromatic N) is 2. The van der Waals surface area contributed by atoms with Gasteiger partial charge in [-0.1, -0.05) is 13.8 Å². The Labute approximate surface area is 122 Å². The average molecular weight is 327 g/mol. The first-order valence-electron chi connectivity index (χ1n) is 6.49. The summed E-state index contributed by atoms with van der Waals surface area (Å²) >= 11 is 3.41. The highest BCUT2D eigenvalue weighted by atomic mass is 79.9. The van der Waals surface area contributed by atoms with Gasteiger partial charge in [-0.15, -0.1) is 0 Å². The molecule has 0 spiro atoms. The molecule has 0 aliphatic carbocycles. The Morgan fingerprint density at radius 1 is 1.58 bits per heavy atom. The maximum atomic E-state index is 11.6. The Bertz CT molecular complexity index is 478. The molecule has 2 heterocycles. The van der Waals surface area contributed by atoms with Gasteiger partial charge in [0.1, 0.15) is 0 Å². The number of hydrogen-bond acceptors (Lipinski definition) is 3. The zero-order valence-corrected chi connectivity index (χ0v) is 12.9. The first kappa shape index (κ1) is 14.5. The van der Waals surface area contributed by atoms with Gasteiger partial charge in [-0.05, 0) is 46.4 Å². The van der Waals surface area contributed by atoms with Gasteiger partial charge in [0.05, 0.1) is 5.41 Å². The quantitative estimate of drug-likeness (QED) is 0.924. The minimum absolute atomic E-state index is 0.149. The number of halogens is 1. The Morgan fingerprint density at radius 2 is 2.32 bits per heavy atom. The van der Waals surface area contributed by atoms with Crippen LogP contribution in [0, 0.1) is 11.3 Å². The molecule has 0 amide bonds. The van der Waals surface area contributed by atoms with Crippen LogP contribution >= 0.6 is 15.9 Å². The lowest BCUT2D eigenvalue weighted by atomic mass is 9.76. The Balaban J connectivity index is 2.08. The second kappa shape index (κ2) is 5.59. The third kappa shape index (κ3) is 2.98. The molecule has 0 radical (unpaired) electrons. The molecule has 19 heavy (non-hydrogen) atoms. The van der Waals surface area contributed by atoms with Crippen molar-refractivity contribution in [3.63, 3.8) is 0 Å². The van der Waals surface area contributed by atoms with Gasteiger partial charge in [0.25, 0.3) is 0 Å². The zero-order valence-electron chi connectivity index (χ0n) is 11.3. The molecule has 0 aromatic carbocycles. The fraction of sp³-hybridized carbons (Fsp3) is 0.571. The molecule has 5 heteroatoms. The fourth-order valence-corrected chi connectivity index (χ4v) is 3.16. The van der Waals surface area contributed by atoms with Gasteiger partial charge in [-0.3, -0.25) is 14.7 Å².